The Morgan fingerprint density at radius 1 is 1.30 bits per heavy atom. The van der Waals surface area contributed by atoms with Gasteiger partial charge in [-0.3, -0.25) is 0 Å². The largest absolute Gasteiger partial charge is 0.490 e. The maximum absolute atomic E-state index is 5.73. The summed E-state index contributed by atoms with van der Waals surface area (Å²) in [6.07, 6.45) is 4.38. The molecule has 6 heteroatoms. The molecule has 0 unspecified atom stereocenters. The molecule has 3 rings (SSSR count). The van der Waals surface area contributed by atoms with E-state index in [2.05, 4.69) is 10.1 Å². The molecule has 104 valence electrons. The number of anilines is 1. The van der Waals surface area contributed by atoms with Crippen LogP contribution in [-0.4, -0.2) is 29.1 Å². The van der Waals surface area contributed by atoms with Crippen LogP contribution < -0.4 is 15.2 Å². The van der Waals surface area contributed by atoms with E-state index >= 15 is 0 Å². The number of fused-ring (bicyclic) bond motifs is 1. The molecule has 0 amide bonds. The molecule has 20 heavy (non-hydrogen) atoms. The van der Waals surface area contributed by atoms with Crippen LogP contribution in [0.25, 0.3) is 0 Å². The number of hydrogen-bond acceptors (Lipinski definition) is 5. The summed E-state index contributed by atoms with van der Waals surface area (Å²) in [5, 5.41) is 4.28. The highest BCUT2D eigenvalue weighted by molar-refractivity contribution is 5.81. The molecule has 2 N–H and O–H groups in total. The van der Waals surface area contributed by atoms with E-state index in [0.29, 0.717) is 19.2 Å². The van der Waals surface area contributed by atoms with Gasteiger partial charge in [0.2, 0.25) is 5.95 Å². The summed E-state index contributed by atoms with van der Waals surface area (Å²) >= 11 is 0. The molecule has 1 aliphatic heterocycles. The molecule has 1 aromatic heterocycles. The molecule has 0 bridgehead atoms. The van der Waals surface area contributed by atoms with Crippen molar-refractivity contribution < 1.29 is 9.47 Å². The third kappa shape index (κ3) is 2.59. The van der Waals surface area contributed by atoms with Crippen molar-refractivity contribution >= 4 is 12.2 Å². The minimum absolute atomic E-state index is 0.369. The molecule has 0 saturated heterocycles. The maximum atomic E-state index is 5.73. The lowest BCUT2D eigenvalue weighted by Crippen LogP contribution is -1.98. The van der Waals surface area contributed by atoms with Gasteiger partial charge in [0, 0.05) is 6.42 Å². The van der Waals surface area contributed by atoms with Crippen LogP contribution in [0, 0.1) is 6.92 Å². The molecular formula is C14H16N4O2. The Hall–Kier alpha value is -2.50. The van der Waals surface area contributed by atoms with E-state index < -0.39 is 0 Å². The number of imidazole rings is 1. The zero-order valence-corrected chi connectivity index (χ0v) is 11.2. The molecule has 0 fully saturated rings. The monoisotopic (exact) mass is 272 g/mol. The van der Waals surface area contributed by atoms with Crippen molar-refractivity contribution in [1.82, 2.24) is 9.66 Å². The summed E-state index contributed by atoms with van der Waals surface area (Å²) in [7, 11) is 0. The molecule has 1 aliphatic rings. The lowest BCUT2D eigenvalue weighted by molar-refractivity contribution is 0.297. The number of benzene rings is 1. The second-order valence-electron chi connectivity index (χ2n) is 4.59. The van der Waals surface area contributed by atoms with Gasteiger partial charge in [0.15, 0.2) is 11.5 Å². The number of nitrogens with two attached hydrogens (primary N) is 1. The van der Waals surface area contributed by atoms with Gasteiger partial charge in [-0.15, -0.1) is 0 Å². The fraction of sp³-hybridized carbons (Fsp3) is 0.286. The SMILES string of the molecule is Cc1cn(N=Cc2ccc3c(c2)OCCCO3)c(N)n1. The molecule has 6 nitrogen and oxygen atoms in total. The number of hydrogen-bond donors (Lipinski definition) is 1. The van der Waals surface area contributed by atoms with Crippen molar-refractivity contribution in [3.8, 4) is 11.5 Å². The van der Waals surface area contributed by atoms with Crippen molar-refractivity contribution in [2.75, 3.05) is 18.9 Å². The van der Waals surface area contributed by atoms with Crippen molar-refractivity contribution in [3.63, 3.8) is 0 Å². The van der Waals surface area contributed by atoms with Gasteiger partial charge in [0.1, 0.15) is 0 Å². The Kier molecular flexibility index (Phi) is 3.28. The fourth-order valence-electron chi connectivity index (χ4n) is 1.99. The highest BCUT2D eigenvalue weighted by Crippen LogP contribution is 2.29. The standard InChI is InChI=1S/C14H16N4O2/c1-10-9-18(14(15)17-10)16-8-11-3-4-12-13(7-11)20-6-2-5-19-12/h3-4,7-9H,2,5-6H2,1H3,(H2,15,17). The predicted molar refractivity (Wildman–Crippen MR) is 76.4 cm³/mol. The number of aromatic nitrogens is 2. The molecule has 0 spiro atoms. The minimum Gasteiger partial charge on any atom is -0.490 e. The number of rotatable bonds is 2. The Morgan fingerprint density at radius 2 is 2.10 bits per heavy atom. The maximum Gasteiger partial charge on any atom is 0.221 e. The number of nitrogen functional groups attached to an aromatic ring is 1. The van der Waals surface area contributed by atoms with E-state index in [0.717, 1.165) is 29.2 Å². The van der Waals surface area contributed by atoms with Crippen LogP contribution in [0.5, 0.6) is 11.5 Å². The summed E-state index contributed by atoms with van der Waals surface area (Å²) in [4.78, 5) is 4.09. The van der Waals surface area contributed by atoms with Gasteiger partial charge in [-0.1, -0.05) is 0 Å². The molecule has 0 aliphatic carbocycles. The first-order valence-corrected chi connectivity index (χ1v) is 6.48. The van der Waals surface area contributed by atoms with E-state index in [1.165, 1.54) is 0 Å². The minimum atomic E-state index is 0.369. The molecular weight excluding hydrogens is 256 g/mol. The summed E-state index contributed by atoms with van der Waals surface area (Å²) in [6.45, 7) is 3.22. The van der Waals surface area contributed by atoms with E-state index in [-0.39, 0.29) is 0 Å². The van der Waals surface area contributed by atoms with Gasteiger partial charge < -0.3 is 15.2 Å². The zero-order valence-electron chi connectivity index (χ0n) is 11.2. The average Bonchev–Trinajstić information content (AvgIpc) is 2.64. The van der Waals surface area contributed by atoms with E-state index in [9.17, 15) is 0 Å². The van der Waals surface area contributed by atoms with E-state index in [1.54, 1.807) is 17.1 Å². The lowest BCUT2D eigenvalue weighted by atomic mass is 10.2. The van der Waals surface area contributed by atoms with Gasteiger partial charge in [-0.05, 0) is 30.7 Å². The normalized spacial score (nSPS) is 14.4. The van der Waals surface area contributed by atoms with E-state index in [1.807, 2.05) is 25.1 Å². The van der Waals surface area contributed by atoms with Gasteiger partial charge >= 0.3 is 0 Å². The van der Waals surface area contributed by atoms with Crippen LogP contribution >= 0.6 is 0 Å². The first-order valence-electron chi connectivity index (χ1n) is 6.48. The first-order chi connectivity index (χ1) is 9.72. The molecule has 2 aromatic rings. The number of aryl methyl sites for hydroxylation is 1. The second-order valence-corrected chi connectivity index (χ2v) is 4.59. The Balaban J connectivity index is 1.84. The van der Waals surface area contributed by atoms with Crippen LogP contribution in [0.1, 0.15) is 17.7 Å². The van der Waals surface area contributed by atoms with Crippen LogP contribution in [-0.2, 0) is 0 Å². The number of nitrogens with zero attached hydrogens (tertiary/aromatic N) is 3. The van der Waals surface area contributed by atoms with Crippen molar-refractivity contribution in [1.29, 1.82) is 0 Å². The highest BCUT2D eigenvalue weighted by atomic mass is 16.5. The molecule has 2 heterocycles. The van der Waals surface area contributed by atoms with E-state index in [4.69, 9.17) is 15.2 Å². The summed E-state index contributed by atoms with van der Waals surface area (Å²) < 4.78 is 12.8. The van der Waals surface area contributed by atoms with Crippen molar-refractivity contribution in [2.45, 2.75) is 13.3 Å². The van der Waals surface area contributed by atoms with Crippen LogP contribution in [0.2, 0.25) is 0 Å². The van der Waals surface area contributed by atoms with Crippen molar-refractivity contribution in [2.24, 2.45) is 5.10 Å². The molecule has 1 aromatic carbocycles. The predicted octanol–water partition coefficient (Wildman–Crippen LogP) is 1.82. The Morgan fingerprint density at radius 3 is 2.85 bits per heavy atom. The quantitative estimate of drug-likeness (QED) is 0.846. The highest BCUT2D eigenvalue weighted by Gasteiger charge is 2.09. The third-order valence-corrected chi connectivity index (χ3v) is 2.94. The Bertz CT molecular complexity index is 649. The number of ether oxygens (including phenoxy) is 2. The summed E-state index contributed by atoms with van der Waals surface area (Å²) in [5.41, 5.74) is 7.48. The van der Waals surface area contributed by atoms with Gasteiger partial charge in [0.05, 0.1) is 31.3 Å². The fourth-order valence-corrected chi connectivity index (χ4v) is 1.99. The molecule has 0 saturated carbocycles. The van der Waals surface area contributed by atoms with Crippen LogP contribution in [0.3, 0.4) is 0 Å². The summed E-state index contributed by atoms with van der Waals surface area (Å²) in [5.74, 6) is 1.90. The Labute approximate surface area is 116 Å². The van der Waals surface area contributed by atoms with Gasteiger partial charge in [0.25, 0.3) is 0 Å². The van der Waals surface area contributed by atoms with Crippen LogP contribution in [0.4, 0.5) is 5.95 Å². The van der Waals surface area contributed by atoms with Gasteiger partial charge in [-0.2, -0.15) is 5.10 Å². The second kappa shape index (κ2) is 5.24. The molecule has 0 atom stereocenters. The zero-order chi connectivity index (χ0) is 13.9. The lowest BCUT2D eigenvalue weighted by Gasteiger charge is -2.07. The van der Waals surface area contributed by atoms with Gasteiger partial charge in [-0.25, -0.2) is 9.66 Å². The van der Waals surface area contributed by atoms with Crippen LogP contribution in [0.15, 0.2) is 29.5 Å². The average molecular weight is 272 g/mol. The third-order valence-electron chi connectivity index (χ3n) is 2.94. The topological polar surface area (TPSA) is 74.7 Å². The first kappa shape index (κ1) is 12.5. The molecule has 0 radical (unpaired) electrons. The van der Waals surface area contributed by atoms with Crippen molar-refractivity contribution in [3.05, 3.63) is 35.7 Å². The smallest absolute Gasteiger partial charge is 0.221 e. The summed E-state index contributed by atoms with van der Waals surface area (Å²) in [6, 6.07) is 5.73.